The second-order valence-electron chi connectivity index (χ2n) is 4.17. The quantitative estimate of drug-likeness (QED) is 0.827. The molecule has 16 heavy (non-hydrogen) atoms. The zero-order valence-corrected chi connectivity index (χ0v) is 10.6. The average Bonchev–Trinajstić information content (AvgIpc) is 2.21. The van der Waals surface area contributed by atoms with Crippen molar-refractivity contribution in [3.8, 4) is 0 Å². The molecule has 0 amide bonds. The molecule has 1 rings (SSSR count). The highest BCUT2D eigenvalue weighted by molar-refractivity contribution is 6.31. The van der Waals surface area contributed by atoms with Gasteiger partial charge in [-0.2, -0.15) is 0 Å². The van der Waals surface area contributed by atoms with Crippen LogP contribution in [0, 0.1) is 0 Å². The van der Waals surface area contributed by atoms with Crippen LogP contribution in [0.25, 0.3) is 0 Å². The van der Waals surface area contributed by atoms with Crippen LogP contribution in [-0.4, -0.2) is 18.4 Å². The van der Waals surface area contributed by atoms with Crippen LogP contribution in [0.4, 0.5) is 0 Å². The first-order valence-electron chi connectivity index (χ1n) is 5.58. The summed E-state index contributed by atoms with van der Waals surface area (Å²) in [6.45, 7) is 4.87. The Kier molecular flexibility index (Phi) is 5.50. The van der Waals surface area contributed by atoms with E-state index in [4.69, 9.17) is 11.6 Å². The average molecular weight is 240 g/mol. The summed E-state index contributed by atoms with van der Waals surface area (Å²) in [6, 6.07) is 7.91. The summed E-state index contributed by atoms with van der Waals surface area (Å²) in [6.07, 6.45) is 0.989. The summed E-state index contributed by atoms with van der Waals surface area (Å²) in [5, 5.41) is 3.90. The number of rotatable bonds is 6. The van der Waals surface area contributed by atoms with Crippen molar-refractivity contribution in [3.63, 3.8) is 0 Å². The van der Waals surface area contributed by atoms with Gasteiger partial charge in [0.2, 0.25) is 0 Å². The standard InChI is InChI=1S/C13H18ClNO/c1-10(2)15-8-7-12(16)9-11-5-3-4-6-13(11)14/h3-6,10,15H,7-9H2,1-2H3. The fraction of sp³-hybridized carbons (Fsp3) is 0.462. The van der Waals surface area contributed by atoms with Crippen LogP contribution in [-0.2, 0) is 11.2 Å². The lowest BCUT2D eigenvalue weighted by molar-refractivity contribution is -0.118. The summed E-state index contributed by atoms with van der Waals surface area (Å²) in [7, 11) is 0. The molecule has 0 radical (unpaired) electrons. The third kappa shape index (κ3) is 4.77. The number of benzene rings is 1. The number of nitrogens with one attached hydrogen (secondary N) is 1. The molecule has 1 N–H and O–H groups in total. The van der Waals surface area contributed by atoms with Gasteiger partial charge < -0.3 is 5.32 Å². The maximum Gasteiger partial charge on any atom is 0.138 e. The lowest BCUT2D eigenvalue weighted by atomic mass is 10.1. The fourth-order valence-corrected chi connectivity index (χ4v) is 1.65. The van der Waals surface area contributed by atoms with Gasteiger partial charge in [-0.25, -0.2) is 0 Å². The number of hydrogen-bond donors (Lipinski definition) is 1. The van der Waals surface area contributed by atoms with Crippen LogP contribution < -0.4 is 5.32 Å². The van der Waals surface area contributed by atoms with E-state index in [0.29, 0.717) is 23.9 Å². The predicted molar refractivity (Wildman–Crippen MR) is 67.9 cm³/mol. The molecule has 0 saturated carbocycles. The molecule has 1 aromatic rings. The molecule has 0 aliphatic rings. The molecule has 0 aliphatic heterocycles. The largest absolute Gasteiger partial charge is 0.314 e. The summed E-state index contributed by atoms with van der Waals surface area (Å²) in [4.78, 5) is 11.6. The molecule has 0 aromatic heterocycles. The zero-order valence-electron chi connectivity index (χ0n) is 9.79. The van der Waals surface area contributed by atoms with Crippen molar-refractivity contribution in [2.45, 2.75) is 32.7 Å². The van der Waals surface area contributed by atoms with Crippen molar-refractivity contribution < 1.29 is 4.79 Å². The van der Waals surface area contributed by atoms with Crippen molar-refractivity contribution in [1.29, 1.82) is 0 Å². The molecule has 0 bridgehead atoms. The van der Waals surface area contributed by atoms with Gasteiger partial charge in [-0.3, -0.25) is 4.79 Å². The summed E-state index contributed by atoms with van der Waals surface area (Å²) in [5.74, 6) is 0.223. The second kappa shape index (κ2) is 6.66. The minimum atomic E-state index is 0.223. The maximum atomic E-state index is 11.6. The Morgan fingerprint density at radius 3 is 2.69 bits per heavy atom. The molecule has 0 heterocycles. The van der Waals surface area contributed by atoms with E-state index in [2.05, 4.69) is 19.2 Å². The lowest BCUT2D eigenvalue weighted by Gasteiger charge is -2.07. The summed E-state index contributed by atoms with van der Waals surface area (Å²) in [5.41, 5.74) is 0.915. The highest BCUT2D eigenvalue weighted by atomic mass is 35.5. The molecule has 0 unspecified atom stereocenters. The van der Waals surface area contributed by atoms with E-state index < -0.39 is 0 Å². The molecule has 0 spiro atoms. The molecule has 2 nitrogen and oxygen atoms in total. The smallest absolute Gasteiger partial charge is 0.138 e. The van der Waals surface area contributed by atoms with Gasteiger partial charge in [-0.15, -0.1) is 0 Å². The molecule has 3 heteroatoms. The Bertz CT molecular complexity index is 350. The number of carbonyl (C=O) groups is 1. The van der Waals surface area contributed by atoms with Crippen molar-refractivity contribution >= 4 is 17.4 Å². The molecule has 0 aliphatic carbocycles. The number of ketones is 1. The van der Waals surface area contributed by atoms with E-state index in [1.807, 2.05) is 24.3 Å². The van der Waals surface area contributed by atoms with Crippen LogP contribution in [0.1, 0.15) is 25.8 Å². The SMILES string of the molecule is CC(C)NCCC(=O)Cc1ccccc1Cl. The van der Waals surface area contributed by atoms with Gasteiger partial charge in [0.15, 0.2) is 0 Å². The Hall–Kier alpha value is -0.860. The van der Waals surface area contributed by atoms with Gasteiger partial charge in [-0.1, -0.05) is 43.6 Å². The van der Waals surface area contributed by atoms with Crippen LogP contribution in [0.3, 0.4) is 0 Å². The fourth-order valence-electron chi connectivity index (χ4n) is 1.44. The summed E-state index contributed by atoms with van der Waals surface area (Å²) < 4.78 is 0. The van der Waals surface area contributed by atoms with E-state index in [9.17, 15) is 4.79 Å². The van der Waals surface area contributed by atoms with Gasteiger partial charge in [0, 0.05) is 30.5 Å². The van der Waals surface area contributed by atoms with Gasteiger partial charge in [0.1, 0.15) is 5.78 Å². The number of hydrogen-bond acceptors (Lipinski definition) is 2. The van der Waals surface area contributed by atoms with Crippen molar-refractivity contribution in [1.82, 2.24) is 5.32 Å². The first-order valence-corrected chi connectivity index (χ1v) is 5.96. The van der Waals surface area contributed by atoms with E-state index in [1.165, 1.54) is 0 Å². The molecular formula is C13H18ClNO. The van der Waals surface area contributed by atoms with Gasteiger partial charge in [-0.05, 0) is 11.6 Å². The minimum Gasteiger partial charge on any atom is -0.314 e. The van der Waals surface area contributed by atoms with E-state index in [0.717, 1.165) is 12.1 Å². The maximum absolute atomic E-state index is 11.6. The Morgan fingerprint density at radius 2 is 2.06 bits per heavy atom. The highest BCUT2D eigenvalue weighted by Crippen LogP contribution is 2.15. The number of halogens is 1. The Labute approximate surface area is 102 Å². The van der Waals surface area contributed by atoms with Crippen LogP contribution in [0.15, 0.2) is 24.3 Å². The van der Waals surface area contributed by atoms with Crippen LogP contribution >= 0.6 is 11.6 Å². The molecule has 0 saturated heterocycles. The molecule has 88 valence electrons. The van der Waals surface area contributed by atoms with Gasteiger partial charge in [0.25, 0.3) is 0 Å². The lowest BCUT2D eigenvalue weighted by Crippen LogP contribution is -2.25. The predicted octanol–water partition coefficient (Wildman–Crippen LogP) is 2.84. The number of carbonyl (C=O) groups excluding carboxylic acids is 1. The molecule has 0 fully saturated rings. The van der Waals surface area contributed by atoms with Crippen molar-refractivity contribution in [2.24, 2.45) is 0 Å². The monoisotopic (exact) mass is 239 g/mol. The zero-order chi connectivity index (χ0) is 12.0. The topological polar surface area (TPSA) is 29.1 Å². The normalized spacial score (nSPS) is 10.8. The van der Waals surface area contributed by atoms with E-state index in [-0.39, 0.29) is 5.78 Å². The molecule has 1 aromatic carbocycles. The van der Waals surface area contributed by atoms with Gasteiger partial charge >= 0.3 is 0 Å². The number of Topliss-reactive ketones (excluding diaryl/α,β-unsaturated/α-hetero) is 1. The first kappa shape index (κ1) is 13.2. The Morgan fingerprint density at radius 1 is 1.38 bits per heavy atom. The molecule has 0 atom stereocenters. The van der Waals surface area contributed by atoms with Gasteiger partial charge in [0.05, 0.1) is 0 Å². The molecular weight excluding hydrogens is 222 g/mol. The van der Waals surface area contributed by atoms with E-state index in [1.54, 1.807) is 0 Å². The van der Waals surface area contributed by atoms with E-state index >= 15 is 0 Å². The third-order valence-corrected chi connectivity index (χ3v) is 2.67. The summed E-state index contributed by atoms with van der Waals surface area (Å²) >= 11 is 5.98. The van der Waals surface area contributed by atoms with Crippen LogP contribution in [0.2, 0.25) is 5.02 Å². The van der Waals surface area contributed by atoms with Crippen LogP contribution in [0.5, 0.6) is 0 Å². The highest BCUT2D eigenvalue weighted by Gasteiger charge is 2.06. The third-order valence-electron chi connectivity index (χ3n) is 2.30. The first-order chi connectivity index (χ1) is 7.59. The van der Waals surface area contributed by atoms with Crippen molar-refractivity contribution in [2.75, 3.05) is 6.54 Å². The Balaban J connectivity index is 2.37. The second-order valence-corrected chi connectivity index (χ2v) is 4.57. The van der Waals surface area contributed by atoms with Crippen molar-refractivity contribution in [3.05, 3.63) is 34.9 Å². The minimum absolute atomic E-state index is 0.223.